The number of hydrogen-bond acceptors (Lipinski definition) is 7. The Kier molecular flexibility index (Phi) is 8.89. The number of hydrogen-bond donors (Lipinski definition) is 2. The fourth-order valence-electron chi connectivity index (χ4n) is 3.75. The van der Waals surface area contributed by atoms with E-state index in [0.717, 1.165) is 49.8 Å². The van der Waals surface area contributed by atoms with Gasteiger partial charge in [-0.25, -0.2) is 9.59 Å². The Hall–Kier alpha value is -3.32. The first kappa shape index (κ1) is 24.3. The lowest BCUT2D eigenvalue weighted by Gasteiger charge is -2.28. The molecule has 1 aliphatic carbocycles. The maximum absolute atomic E-state index is 12.4. The van der Waals surface area contributed by atoms with Gasteiger partial charge in [0.2, 0.25) is 0 Å². The molecule has 0 bridgehead atoms. The Balaban J connectivity index is 1.44. The van der Waals surface area contributed by atoms with Crippen molar-refractivity contribution in [1.29, 1.82) is 0 Å². The summed E-state index contributed by atoms with van der Waals surface area (Å²) in [5.74, 6) is -0.817. The lowest BCUT2D eigenvalue weighted by atomic mass is 9.95. The minimum absolute atomic E-state index is 0.0661. The third kappa shape index (κ3) is 7.95. The van der Waals surface area contributed by atoms with E-state index in [2.05, 4.69) is 6.92 Å². The van der Waals surface area contributed by atoms with Gasteiger partial charge in [0.25, 0.3) is 0 Å². The number of carbonyl (C=O) groups excluding carboxylic acids is 2. The Bertz CT molecular complexity index is 943. The zero-order valence-electron chi connectivity index (χ0n) is 19.0. The van der Waals surface area contributed by atoms with E-state index in [1.165, 1.54) is 6.08 Å². The molecule has 0 aliphatic heterocycles. The molecule has 0 saturated heterocycles. The van der Waals surface area contributed by atoms with Gasteiger partial charge in [-0.3, -0.25) is 0 Å². The van der Waals surface area contributed by atoms with Crippen LogP contribution in [0.5, 0.6) is 0 Å². The third-order valence-electron chi connectivity index (χ3n) is 5.43. The van der Waals surface area contributed by atoms with Gasteiger partial charge in [0, 0.05) is 24.1 Å². The van der Waals surface area contributed by atoms with E-state index in [1.807, 2.05) is 0 Å². The summed E-state index contributed by atoms with van der Waals surface area (Å²) in [6.45, 7) is 2.96. The minimum atomic E-state index is -0.488. The van der Waals surface area contributed by atoms with Crippen LogP contribution in [0, 0.1) is 0 Å². The fraction of sp³-hybridized carbons (Fsp3) is 0.385. The summed E-state index contributed by atoms with van der Waals surface area (Å²) in [5.41, 5.74) is 14.5. The molecular formula is C26H32N2O5. The predicted octanol–water partition coefficient (Wildman–Crippen LogP) is 4.50. The smallest absolute Gasteiger partial charge is 0.338 e. The predicted molar refractivity (Wildman–Crippen MR) is 128 cm³/mol. The van der Waals surface area contributed by atoms with Crippen LogP contribution in [0.25, 0.3) is 6.08 Å². The number of ether oxygens (including phenoxy) is 3. The summed E-state index contributed by atoms with van der Waals surface area (Å²) in [4.78, 5) is 24.4. The fourth-order valence-corrected chi connectivity index (χ4v) is 3.75. The molecule has 3 rings (SSSR count). The van der Waals surface area contributed by atoms with Crippen molar-refractivity contribution in [3.63, 3.8) is 0 Å². The normalized spacial score (nSPS) is 18.2. The molecule has 0 amide bonds. The molecule has 0 spiro atoms. The molecule has 0 radical (unpaired) electrons. The van der Waals surface area contributed by atoms with E-state index in [9.17, 15) is 9.59 Å². The highest BCUT2D eigenvalue weighted by molar-refractivity contribution is 5.90. The number of nitrogen functional groups attached to an aromatic ring is 2. The van der Waals surface area contributed by atoms with Crippen molar-refractivity contribution in [3.8, 4) is 0 Å². The van der Waals surface area contributed by atoms with Crippen LogP contribution >= 0.6 is 0 Å². The SMILES string of the molecule is CCCOC1CCC(OC(=O)c2ccc(/C=C/C(=O)OCc3cc(N)cc(N)c3)cc2)CC1. The second-order valence-electron chi connectivity index (χ2n) is 8.25. The van der Waals surface area contributed by atoms with Gasteiger partial charge in [0.1, 0.15) is 12.7 Å². The number of carbonyl (C=O) groups is 2. The summed E-state index contributed by atoms with van der Waals surface area (Å²) in [5, 5.41) is 0. The van der Waals surface area contributed by atoms with Crippen molar-refractivity contribution in [1.82, 2.24) is 0 Å². The van der Waals surface area contributed by atoms with Crippen LogP contribution in [-0.2, 0) is 25.6 Å². The summed E-state index contributed by atoms with van der Waals surface area (Å²) >= 11 is 0. The maximum Gasteiger partial charge on any atom is 0.338 e. The standard InChI is InChI=1S/C26H32N2O5/c1-2-13-31-23-8-10-24(11-9-23)33-26(30)20-6-3-18(4-7-20)5-12-25(29)32-17-19-14-21(27)16-22(28)15-19/h3-7,12,14-16,23-24H,2,8-11,13,17,27-28H2,1H3/b12-5+. The lowest BCUT2D eigenvalue weighted by molar-refractivity contribution is -0.138. The van der Waals surface area contributed by atoms with E-state index < -0.39 is 5.97 Å². The zero-order chi connectivity index (χ0) is 23.6. The highest BCUT2D eigenvalue weighted by Gasteiger charge is 2.24. The number of anilines is 2. The number of benzene rings is 2. The lowest BCUT2D eigenvalue weighted by Crippen LogP contribution is -2.28. The van der Waals surface area contributed by atoms with E-state index in [1.54, 1.807) is 48.5 Å². The van der Waals surface area contributed by atoms with Crippen LogP contribution in [0.3, 0.4) is 0 Å². The molecule has 0 aromatic heterocycles. The summed E-state index contributed by atoms with van der Waals surface area (Å²) in [6, 6.07) is 12.0. The Morgan fingerprint density at radius 3 is 2.24 bits per heavy atom. The zero-order valence-corrected chi connectivity index (χ0v) is 19.0. The summed E-state index contributed by atoms with van der Waals surface area (Å²) < 4.78 is 16.7. The van der Waals surface area contributed by atoms with Crippen LogP contribution in [-0.4, -0.2) is 30.8 Å². The molecule has 7 nitrogen and oxygen atoms in total. The molecule has 1 saturated carbocycles. The van der Waals surface area contributed by atoms with Crippen LogP contribution in [0.1, 0.15) is 60.5 Å². The van der Waals surface area contributed by atoms with Gasteiger partial charge < -0.3 is 25.7 Å². The molecule has 2 aromatic rings. The van der Waals surface area contributed by atoms with Gasteiger partial charge >= 0.3 is 11.9 Å². The molecule has 1 aliphatic rings. The van der Waals surface area contributed by atoms with Gasteiger partial charge in [0.05, 0.1) is 11.7 Å². The molecule has 0 atom stereocenters. The Morgan fingerprint density at radius 1 is 0.970 bits per heavy atom. The Morgan fingerprint density at radius 2 is 1.61 bits per heavy atom. The number of rotatable bonds is 9. The van der Waals surface area contributed by atoms with Gasteiger partial charge in [-0.1, -0.05) is 19.1 Å². The van der Waals surface area contributed by atoms with Crippen molar-refractivity contribution in [3.05, 3.63) is 65.2 Å². The second kappa shape index (κ2) is 12.1. The van der Waals surface area contributed by atoms with Crippen molar-refractivity contribution in [2.75, 3.05) is 18.1 Å². The Labute approximate surface area is 194 Å². The molecule has 4 N–H and O–H groups in total. The van der Waals surface area contributed by atoms with Crippen molar-refractivity contribution in [2.45, 2.75) is 57.8 Å². The average molecular weight is 453 g/mol. The first-order valence-corrected chi connectivity index (χ1v) is 11.4. The topological polar surface area (TPSA) is 114 Å². The monoisotopic (exact) mass is 452 g/mol. The highest BCUT2D eigenvalue weighted by atomic mass is 16.5. The van der Waals surface area contributed by atoms with Gasteiger partial charge in [0.15, 0.2) is 0 Å². The van der Waals surface area contributed by atoms with E-state index in [0.29, 0.717) is 16.9 Å². The third-order valence-corrected chi connectivity index (χ3v) is 5.43. The van der Waals surface area contributed by atoms with Gasteiger partial charge in [-0.15, -0.1) is 0 Å². The number of esters is 2. The van der Waals surface area contributed by atoms with Crippen LogP contribution in [0.2, 0.25) is 0 Å². The molecule has 33 heavy (non-hydrogen) atoms. The largest absolute Gasteiger partial charge is 0.459 e. The highest BCUT2D eigenvalue weighted by Crippen LogP contribution is 2.24. The van der Waals surface area contributed by atoms with Gasteiger partial charge in [-0.2, -0.15) is 0 Å². The van der Waals surface area contributed by atoms with Crippen molar-refractivity contribution < 1.29 is 23.8 Å². The molecule has 1 fully saturated rings. The van der Waals surface area contributed by atoms with Crippen molar-refractivity contribution in [2.24, 2.45) is 0 Å². The van der Waals surface area contributed by atoms with Crippen LogP contribution in [0.4, 0.5) is 11.4 Å². The molecule has 7 heteroatoms. The average Bonchev–Trinajstić information content (AvgIpc) is 2.80. The van der Waals surface area contributed by atoms with Crippen LogP contribution < -0.4 is 11.5 Å². The van der Waals surface area contributed by atoms with E-state index in [4.69, 9.17) is 25.7 Å². The first-order chi connectivity index (χ1) is 15.9. The summed E-state index contributed by atoms with van der Waals surface area (Å²) in [6.07, 6.45) is 7.68. The molecule has 0 unspecified atom stereocenters. The minimum Gasteiger partial charge on any atom is -0.459 e. The maximum atomic E-state index is 12.4. The van der Waals surface area contributed by atoms with Gasteiger partial charge in [-0.05, 0) is 79.6 Å². The quantitative estimate of drug-likeness (QED) is 0.327. The van der Waals surface area contributed by atoms with Crippen LogP contribution in [0.15, 0.2) is 48.5 Å². The first-order valence-electron chi connectivity index (χ1n) is 11.4. The number of nitrogens with two attached hydrogens (primary N) is 2. The molecule has 2 aromatic carbocycles. The van der Waals surface area contributed by atoms with E-state index in [-0.39, 0.29) is 24.8 Å². The second-order valence-corrected chi connectivity index (χ2v) is 8.25. The molecule has 0 heterocycles. The van der Waals surface area contributed by atoms with E-state index >= 15 is 0 Å². The van der Waals surface area contributed by atoms with Crippen molar-refractivity contribution >= 4 is 29.4 Å². The summed E-state index contributed by atoms with van der Waals surface area (Å²) in [7, 11) is 0. The molecule has 176 valence electrons. The molecular weight excluding hydrogens is 420 g/mol.